The molecule has 19 heavy (non-hydrogen) atoms. The fraction of sp³-hybridized carbons (Fsp3) is 0.467. The fourth-order valence-corrected chi connectivity index (χ4v) is 3.11. The first-order valence-corrected chi connectivity index (χ1v) is 6.86. The predicted octanol–water partition coefficient (Wildman–Crippen LogP) is 3.32. The second-order valence-electron chi connectivity index (χ2n) is 5.35. The average molecular weight is 258 g/mol. The summed E-state index contributed by atoms with van der Waals surface area (Å²) in [5.74, 6) is 1.24. The SMILES string of the molecule is CC1CCCCC1n1cnc2cc(OC=O)ccc21. The van der Waals surface area contributed by atoms with Crippen LogP contribution in [0.3, 0.4) is 0 Å². The zero-order chi connectivity index (χ0) is 13.2. The van der Waals surface area contributed by atoms with Crippen LogP contribution in [-0.2, 0) is 4.79 Å². The van der Waals surface area contributed by atoms with Crippen LogP contribution in [-0.4, -0.2) is 16.0 Å². The Balaban J connectivity index is 1.98. The highest BCUT2D eigenvalue weighted by molar-refractivity contribution is 5.77. The maximum Gasteiger partial charge on any atom is 0.298 e. The Kier molecular flexibility index (Phi) is 3.23. The number of benzene rings is 1. The molecule has 1 aromatic carbocycles. The molecular formula is C15H18N2O2. The molecule has 0 spiro atoms. The standard InChI is InChI=1S/C15H18N2O2/c1-11-4-2-3-5-14(11)17-9-16-13-8-12(19-10-18)6-7-15(13)17/h6-11,14H,2-5H2,1H3. The summed E-state index contributed by atoms with van der Waals surface area (Å²) >= 11 is 0. The van der Waals surface area contributed by atoms with E-state index in [0.717, 1.165) is 11.0 Å². The first kappa shape index (κ1) is 12.2. The van der Waals surface area contributed by atoms with E-state index < -0.39 is 0 Å². The minimum atomic E-state index is 0.446. The van der Waals surface area contributed by atoms with Gasteiger partial charge in [0, 0.05) is 12.1 Å². The minimum absolute atomic E-state index is 0.446. The smallest absolute Gasteiger partial charge is 0.298 e. The molecule has 0 aliphatic heterocycles. The second-order valence-corrected chi connectivity index (χ2v) is 5.35. The number of aromatic nitrogens is 2. The summed E-state index contributed by atoms with van der Waals surface area (Å²) in [5, 5.41) is 0. The lowest BCUT2D eigenvalue weighted by Gasteiger charge is -2.30. The highest BCUT2D eigenvalue weighted by atomic mass is 16.5. The molecule has 1 saturated carbocycles. The van der Waals surface area contributed by atoms with Crippen LogP contribution in [0.1, 0.15) is 38.6 Å². The van der Waals surface area contributed by atoms with E-state index in [9.17, 15) is 4.79 Å². The summed E-state index contributed by atoms with van der Waals surface area (Å²) < 4.78 is 7.14. The molecule has 1 aliphatic carbocycles. The van der Waals surface area contributed by atoms with Gasteiger partial charge in [-0.05, 0) is 30.9 Å². The van der Waals surface area contributed by atoms with Crippen molar-refractivity contribution in [1.29, 1.82) is 0 Å². The molecule has 0 bridgehead atoms. The fourth-order valence-electron chi connectivity index (χ4n) is 3.11. The second kappa shape index (κ2) is 5.03. The summed E-state index contributed by atoms with van der Waals surface area (Å²) in [5.41, 5.74) is 2.01. The third-order valence-corrected chi connectivity index (χ3v) is 4.15. The van der Waals surface area contributed by atoms with Crippen LogP contribution >= 0.6 is 0 Å². The molecule has 1 fully saturated rings. The molecule has 1 aromatic heterocycles. The van der Waals surface area contributed by atoms with Crippen LogP contribution in [0.4, 0.5) is 0 Å². The van der Waals surface area contributed by atoms with Crippen molar-refractivity contribution in [2.75, 3.05) is 0 Å². The monoisotopic (exact) mass is 258 g/mol. The van der Waals surface area contributed by atoms with Gasteiger partial charge >= 0.3 is 0 Å². The number of hydrogen-bond acceptors (Lipinski definition) is 3. The topological polar surface area (TPSA) is 44.1 Å². The molecule has 2 atom stereocenters. The number of fused-ring (bicyclic) bond motifs is 1. The van der Waals surface area contributed by atoms with Crippen molar-refractivity contribution >= 4 is 17.5 Å². The highest BCUT2D eigenvalue weighted by Crippen LogP contribution is 2.35. The minimum Gasteiger partial charge on any atom is -0.429 e. The van der Waals surface area contributed by atoms with E-state index in [0.29, 0.717) is 24.2 Å². The van der Waals surface area contributed by atoms with E-state index in [1.165, 1.54) is 25.7 Å². The van der Waals surface area contributed by atoms with Gasteiger partial charge < -0.3 is 9.30 Å². The van der Waals surface area contributed by atoms with Crippen LogP contribution < -0.4 is 4.74 Å². The van der Waals surface area contributed by atoms with Crippen LogP contribution in [0.2, 0.25) is 0 Å². The van der Waals surface area contributed by atoms with Gasteiger partial charge in [-0.1, -0.05) is 19.8 Å². The van der Waals surface area contributed by atoms with Gasteiger partial charge in [0.15, 0.2) is 0 Å². The molecule has 2 unspecified atom stereocenters. The number of ether oxygens (including phenoxy) is 1. The molecule has 0 saturated heterocycles. The number of carbonyl (C=O) groups is 1. The third-order valence-electron chi connectivity index (χ3n) is 4.15. The Morgan fingerprint density at radius 1 is 1.37 bits per heavy atom. The summed E-state index contributed by atoms with van der Waals surface area (Å²) in [6, 6.07) is 6.16. The van der Waals surface area contributed by atoms with Gasteiger partial charge in [-0.2, -0.15) is 0 Å². The van der Waals surface area contributed by atoms with Crippen molar-refractivity contribution in [3.8, 4) is 5.75 Å². The molecule has 4 nitrogen and oxygen atoms in total. The van der Waals surface area contributed by atoms with Crippen LogP contribution in [0.5, 0.6) is 5.75 Å². The Morgan fingerprint density at radius 3 is 3.00 bits per heavy atom. The molecule has 1 aliphatic rings. The Labute approximate surface area is 112 Å². The van der Waals surface area contributed by atoms with Crippen LogP contribution in [0.15, 0.2) is 24.5 Å². The average Bonchev–Trinajstić information content (AvgIpc) is 2.83. The molecule has 3 rings (SSSR count). The van der Waals surface area contributed by atoms with Crippen LogP contribution in [0, 0.1) is 5.92 Å². The van der Waals surface area contributed by atoms with Gasteiger partial charge in [0.25, 0.3) is 6.47 Å². The summed E-state index contributed by atoms with van der Waals surface area (Å²) in [6.07, 6.45) is 7.06. The van der Waals surface area contributed by atoms with Crippen molar-refractivity contribution in [3.63, 3.8) is 0 Å². The van der Waals surface area contributed by atoms with Gasteiger partial charge in [-0.15, -0.1) is 0 Å². The van der Waals surface area contributed by atoms with Gasteiger partial charge in [-0.3, -0.25) is 4.79 Å². The Bertz CT molecular complexity index is 591. The van der Waals surface area contributed by atoms with Gasteiger partial charge in [0.1, 0.15) is 5.75 Å². The lowest BCUT2D eigenvalue weighted by atomic mass is 9.86. The largest absolute Gasteiger partial charge is 0.429 e. The zero-order valence-corrected chi connectivity index (χ0v) is 11.1. The van der Waals surface area contributed by atoms with E-state index in [-0.39, 0.29) is 0 Å². The van der Waals surface area contributed by atoms with Crippen LogP contribution in [0.25, 0.3) is 11.0 Å². The van der Waals surface area contributed by atoms with Gasteiger partial charge in [0.2, 0.25) is 0 Å². The molecule has 0 N–H and O–H groups in total. The molecular weight excluding hydrogens is 240 g/mol. The van der Waals surface area contributed by atoms with E-state index in [2.05, 4.69) is 16.5 Å². The van der Waals surface area contributed by atoms with Crippen molar-refractivity contribution < 1.29 is 9.53 Å². The van der Waals surface area contributed by atoms with E-state index in [4.69, 9.17) is 4.74 Å². The number of carbonyl (C=O) groups excluding carboxylic acids is 1. The third kappa shape index (κ3) is 2.23. The number of hydrogen-bond donors (Lipinski definition) is 0. The van der Waals surface area contributed by atoms with E-state index in [1.807, 2.05) is 24.5 Å². The first-order chi connectivity index (χ1) is 9.29. The number of rotatable bonds is 3. The van der Waals surface area contributed by atoms with Gasteiger partial charge in [0.05, 0.1) is 17.4 Å². The van der Waals surface area contributed by atoms with Gasteiger partial charge in [-0.25, -0.2) is 4.98 Å². The molecule has 0 radical (unpaired) electrons. The number of imidazole rings is 1. The zero-order valence-electron chi connectivity index (χ0n) is 11.1. The summed E-state index contributed by atoms with van der Waals surface area (Å²) in [7, 11) is 0. The Hall–Kier alpha value is -1.84. The molecule has 100 valence electrons. The summed E-state index contributed by atoms with van der Waals surface area (Å²) in [4.78, 5) is 14.8. The van der Waals surface area contributed by atoms with Crippen molar-refractivity contribution in [2.24, 2.45) is 5.92 Å². The maximum absolute atomic E-state index is 10.4. The lowest BCUT2D eigenvalue weighted by molar-refractivity contribution is -0.120. The quantitative estimate of drug-likeness (QED) is 0.793. The molecule has 4 heteroatoms. The van der Waals surface area contributed by atoms with Crippen molar-refractivity contribution in [3.05, 3.63) is 24.5 Å². The lowest BCUT2D eigenvalue weighted by Crippen LogP contribution is -2.20. The molecule has 1 heterocycles. The van der Waals surface area contributed by atoms with E-state index in [1.54, 1.807) is 0 Å². The van der Waals surface area contributed by atoms with E-state index >= 15 is 0 Å². The maximum atomic E-state index is 10.4. The predicted molar refractivity (Wildman–Crippen MR) is 73.1 cm³/mol. The Morgan fingerprint density at radius 2 is 2.21 bits per heavy atom. The van der Waals surface area contributed by atoms with Crippen molar-refractivity contribution in [1.82, 2.24) is 9.55 Å². The molecule has 2 aromatic rings. The first-order valence-electron chi connectivity index (χ1n) is 6.86. The highest BCUT2D eigenvalue weighted by Gasteiger charge is 2.24. The summed E-state index contributed by atoms with van der Waals surface area (Å²) in [6.45, 7) is 2.76. The normalized spacial score (nSPS) is 23.4. The molecule has 0 amide bonds. The number of nitrogens with zero attached hydrogens (tertiary/aromatic N) is 2. The van der Waals surface area contributed by atoms with Crippen molar-refractivity contribution in [2.45, 2.75) is 38.6 Å².